The number of carbonyl (C=O) groups excluding carboxylic acids is 1. The van der Waals surface area contributed by atoms with Gasteiger partial charge in [0.15, 0.2) is 0 Å². The predicted molar refractivity (Wildman–Crippen MR) is 112 cm³/mol. The number of carbonyl (C=O) groups is 1. The van der Waals surface area contributed by atoms with Crippen LogP contribution in [0.3, 0.4) is 0 Å². The monoisotopic (exact) mass is 364 g/mol. The number of nitrogens with zero attached hydrogens (tertiary/aromatic N) is 1. The van der Waals surface area contributed by atoms with Gasteiger partial charge in [0.1, 0.15) is 0 Å². The number of piperidine rings is 1. The maximum Gasteiger partial charge on any atom is 0.251 e. The van der Waals surface area contributed by atoms with Crippen LogP contribution in [0.2, 0.25) is 0 Å². The van der Waals surface area contributed by atoms with Crippen molar-refractivity contribution < 1.29 is 4.79 Å². The van der Waals surface area contributed by atoms with Gasteiger partial charge < -0.3 is 5.32 Å². The minimum atomic E-state index is -0.0133. The van der Waals surface area contributed by atoms with Crippen LogP contribution < -0.4 is 5.32 Å². The highest BCUT2D eigenvalue weighted by atomic mass is 16.1. The van der Waals surface area contributed by atoms with Crippen LogP contribution in [0.4, 0.5) is 0 Å². The molecule has 0 bridgehead atoms. The Morgan fingerprint density at radius 3 is 2.59 bits per heavy atom. The number of rotatable bonds is 5. The fourth-order valence-corrected chi connectivity index (χ4v) is 4.12. The molecule has 1 aliphatic heterocycles. The van der Waals surface area contributed by atoms with Crippen LogP contribution in [-0.2, 0) is 6.54 Å². The Balaban J connectivity index is 1.60. The van der Waals surface area contributed by atoms with Gasteiger partial charge >= 0.3 is 0 Å². The van der Waals surface area contributed by atoms with Gasteiger partial charge in [0.2, 0.25) is 0 Å². The molecule has 2 atom stereocenters. The zero-order chi connectivity index (χ0) is 19.4. The summed E-state index contributed by atoms with van der Waals surface area (Å²) in [5.41, 5.74) is 5.64. The SMILES string of the molecule is Cc1ccc([C@@H](C)NC(=O)c2ccc(CN3CCC[C@@H](C)C3)cc2)c(C)c1. The summed E-state index contributed by atoms with van der Waals surface area (Å²) in [6.07, 6.45) is 2.63. The first-order valence-electron chi connectivity index (χ1n) is 10.1. The molecule has 1 heterocycles. The summed E-state index contributed by atoms with van der Waals surface area (Å²) >= 11 is 0. The van der Waals surface area contributed by atoms with Crippen LogP contribution in [0.5, 0.6) is 0 Å². The zero-order valence-corrected chi connectivity index (χ0v) is 17.1. The topological polar surface area (TPSA) is 32.3 Å². The van der Waals surface area contributed by atoms with E-state index in [1.165, 1.54) is 48.2 Å². The van der Waals surface area contributed by atoms with E-state index in [1.54, 1.807) is 0 Å². The van der Waals surface area contributed by atoms with Crippen molar-refractivity contribution in [2.45, 2.75) is 53.1 Å². The highest BCUT2D eigenvalue weighted by Gasteiger charge is 2.17. The van der Waals surface area contributed by atoms with Crippen LogP contribution in [0.15, 0.2) is 42.5 Å². The second kappa shape index (κ2) is 8.71. The summed E-state index contributed by atoms with van der Waals surface area (Å²) in [5.74, 6) is 0.774. The van der Waals surface area contributed by atoms with E-state index in [2.05, 4.69) is 61.3 Å². The van der Waals surface area contributed by atoms with Crippen molar-refractivity contribution in [3.63, 3.8) is 0 Å². The third-order valence-electron chi connectivity index (χ3n) is 5.60. The highest BCUT2D eigenvalue weighted by molar-refractivity contribution is 5.94. The van der Waals surface area contributed by atoms with E-state index in [4.69, 9.17) is 0 Å². The number of likely N-dealkylation sites (tertiary alicyclic amines) is 1. The van der Waals surface area contributed by atoms with Crippen molar-refractivity contribution in [3.8, 4) is 0 Å². The zero-order valence-electron chi connectivity index (χ0n) is 17.1. The molecular formula is C24H32N2O. The molecule has 0 saturated carbocycles. The van der Waals surface area contributed by atoms with Gasteiger partial charge in [0.25, 0.3) is 5.91 Å². The van der Waals surface area contributed by atoms with E-state index in [-0.39, 0.29) is 11.9 Å². The van der Waals surface area contributed by atoms with E-state index in [0.717, 1.165) is 18.0 Å². The third-order valence-corrected chi connectivity index (χ3v) is 5.60. The van der Waals surface area contributed by atoms with E-state index < -0.39 is 0 Å². The van der Waals surface area contributed by atoms with Gasteiger partial charge in [-0.25, -0.2) is 0 Å². The maximum absolute atomic E-state index is 12.6. The van der Waals surface area contributed by atoms with Gasteiger partial charge in [0.05, 0.1) is 6.04 Å². The summed E-state index contributed by atoms with van der Waals surface area (Å²) in [7, 11) is 0. The largest absolute Gasteiger partial charge is 0.346 e. The third kappa shape index (κ3) is 5.20. The van der Waals surface area contributed by atoms with Crippen LogP contribution in [0.1, 0.15) is 65.3 Å². The molecule has 144 valence electrons. The van der Waals surface area contributed by atoms with Crippen molar-refractivity contribution in [2.75, 3.05) is 13.1 Å². The standard InChI is InChI=1S/C24H32N2O/c1-17-7-12-23(19(3)14-17)20(4)25-24(27)22-10-8-21(9-11-22)16-26-13-5-6-18(2)15-26/h7-12,14,18,20H,5-6,13,15-16H2,1-4H3,(H,25,27)/t18-,20-/m1/s1. The predicted octanol–water partition coefficient (Wildman–Crippen LogP) is 5.03. The quantitative estimate of drug-likeness (QED) is 0.807. The van der Waals surface area contributed by atoms with Crippen LogP contribution >= 0.6 is 0 Å². The highest BCUT2D eigenvalue weighted by Crippen LogP contribution is 2.20. The average molecular weight is 365 g/mol. The summed E-state index contributed by atoms with van der Waals surface area (Å²) in [6.45, 7) is 11.9. The maximum atomic E-state index is 12.6. The Labute approximate surface area is 163 Å². The summed E-state index contributed by atoms with van der Waals surface area (Å²) in [5, 5.41) is 3.13. The second-order valence-electron chi connectivity index (χ2n) is 8.23. The minimum absolute atomic E-state index is 0.00684. The van der Waals surface area contributed by atoms with Crippen LogP contribution in [-0.4, -0.2) is 23.9 Å². The fourth-order valence-electron chi connectivity index (χ4n) is 4.12. The molecule has 1 amide bonds. The molecule has 0 unspecified atom stereocenters. The molecule has 3 nitrogen and oxygen atoms in total. The molecule has 2 aromatic rings. The lowest BCUT2D eigenvalue weighted by Crippen LogP contribution is -2.33. The molecule has 3 rings (SSSR count). The Hall–Kier alpha value is -2.13. The minimum Gasteiger partial charge on any atom is -0.346 e. The van der Waals surface area contributed by atoms with Gasteiger partial charge in [-0.15, -0.1) is 0 Å². The lowest BCUT2D eigenvalue weighted by atomic mass is 9.99. The summed E-state index contributed by atoms with van der Waals surface area (Å²) in [6, 6.07) is 14.5. The van der Waals surface area contributed by atoms with E-state index in [1.807, 2.05) is 19.1 Å². The molecule has 1 N–H and O–H groups in total. The van der Waals surface area contributed by atoms with Gasteiger partial charge in [-0.05, 0) is 74.9 Å². The molecule has 1 aliphatic rings. The Bertz CT molecular complexity index is 781. The van der Waals surface area contributed by atoms with Crippen LogP contribution in [0.25, 0.3) is 0 Å². The van der Waals surface area contributed by atoms with Crippen LogP contribution in [0, 0.1) is 19.8 Å². The number of aryl methyl sites for hydroxylation is 2. The van der Waals surface area contributed by atoms with Crippen molar-refractivity contribution in [2.24, 2.45) is 5.92 Å². The number of amides is 1. The number of benzene rings is 2. The van der Waals surface area contributed by atoms with Gasteiger partial charge in [-0.2, -0.15) is 0 Å². The first-order valence-corrected chi connectivity index (χ1v) is 10.1. The second-order valence-corrected chi connectivity index (χ2v) is 8.23. The van der Waals surface area contributed by atoms with Crippen molar-refractivity contribution in [1.29, 1.82) is 0 Å². The van der Waals surface area contributed by atoms with Crippen molar-refractivity contribution in [1.82, 2.24) is 10.2 Å². The molecule has 1 saturated heterocycles. The molecule has 0 aliphatic carbocycles. The number of hydrogen-bond donors (Lipinski definition) is 1. The molecule has 27 heavy (non-hydrogen) atoms. The summed E-state index contributed by atoms with van der Waals surface area (Å²) in [4.78, 5) is 15.1. The molecule has 1 fully saturated rings. The normalized spacial score (nSPS) is 18.9. The molecule has 0 spiro atoms. The first-order chi connectivity index (χ1) is 12.9. The molecule has 2 aromatic carbocycles. The average Bonchev–Trinajstić information content (AvgIpc) is 2.62. The first kappa shape index (κ1) is 19.6. The number of nitrogens with one attached hydrogen (secondary N) is 1. The Morgan fingerprint density at radius 2 is 1.93 bits per heavy atom. The number of hydrogen-bond acceptors (Lipinski definition) is 2. The van der Waals surface area contributed by atoms with Crippen molar-refractivity contribution in [3.05, 3.63) is 70.3 Å². The van der Waals surface area contributed by atoms with E-state index in [9.17, 15) is 4.79 Å². The summed E-state index contributed by atoms with van der Waals surface area (Å²) < 4.78 is 0. The van der Waals surface area contributed by atoms with Gasteiger partial charge in [-0.3, -0.25) is 9.69 Å². The van der Waals surface area contributed by atoms with Gasteiger partial charge in [-0.1, -0.05) is 42.8 Å². The Morgan fingerprint density at radius 1 is 1.19 bits per heavy atom. The lowest BCUT2D eigenvalue weighted by molar-refractivity contribution is 0.0940. The molecule has 0 radical (unpaired) electrons. The molecule has 3 heteroatoms. The molecule has 0 aromatic heterocycles. The van der Waals surface area contributed by atoms with Crippen molar-refractivity contribution >= 4 is 5.91 Å². The molecular weight excluding hydrogens is 332 g/mol. The smallest absolute Gasteiger partial charge is 0.251 e. The lowest BCUT2D eigenvalue weighted by Gasteiger charge is -2.30. The Kier molecular flexibility index (Phi) is 6.33. The van der Waals surface area contributed by atoms with E-state index >= 15 is 0 Å². The van der Waals surface area contributed by atoms with Gasteiger partial charge in [0, 0.05) is 18.7 Å². The fraction of sp³-hybridized carbons (Fsp3) is 0.458. The van der Waals surface area contributed by atoms with E-state index in [0.29, 0.717) is 0 Å².